The Morgan fingerprint density at radius 1 is 0.875 bits per heavy atom. The minimum absolute atomic E-state index is 0. The van der Waals surface area contributed by atoms with Gasteiger partial charge in [-0.3, -0.25) is 4.79 Å². The second kappa shape index (κ2) is 20.8. The minimum Gasteiger partial charge on any atom is -0.481 e. The molecular weight excluding hydrogens is 352 g/mol. The molecule has 0 rings (SSSR count). The van der Waals surface area contributed by atoms with E-state index in [-0.39, 0.29) is 31.9 Å². The molecule has 0 saturated carbocycles. The molecule has 1 atom stereocenters. The van der Waals surface area contributed by atoms with E-state index in [1.54, 1.807) is 0 Å². The van der Waals surface area contributed by atoms with Crippen molar-refractivity contribution < 1.29 is 29.4 Å². The van der Waals surface area contributed by atoms with Gasteiger partial charge in [-0.25, -0.2) is 0 Å². The van der Waals surface area contributed by atoms with Gasteiger partial charge in [-0.05, 0) is 32.1 Å². The van der Waals surface area contributed by atoms with Gasteiger partial charge in [0.05, 0.1) is 6.42 Å². The van der Waals surface area contributed by atoms with Crippen LogP contribution in [0.2, 0.25) is 0 Å². The summed E-state index contributed by atoms with van der Waals surface area (Å²) in [5, 5.41) is 8.62. The predicted octanol–water partition coefficient (Wildman–Crippen LogP) is 5.82. The van der Waals surface area contributed by atoms with Gasteiger partial charge in [0.25, 0.3) is 0 Å². The van der Waals surface area contributed by atoms with Crippen LogP contribution < -0.4 is 5.73 Å². The number of rotatable bonds is 17. The third-order valence-corrected chi connectivity index (χ3v) is 4.27. The Kier molecular flexibility index (Phi) is 22.6. The standard InChI is InChI=1S/C20H39NO2.Zn/c1-2-3-4-5-6-7-8-9-10-11-12-13-14-15-16-17-19(21)18-20(22)23;/h9-10,19H,2-8,11-18,21H2,1H3,(H,22,23);/b10-9-;. The van der Waals surface area contributed by atoms with Crippen molar-refractivity contribution in [1.82, 2.24) is 0 Å². The SMILES string of the molecule is CCCCCCCC/C=C\CCCCCCCC(N)CC(=O)O.[Zn]. The third-order valence-electron chi connectivity index (χ3n) is 4.27. The Balaban J connectivity index is 0. The summed E-state index contributed by atoms with van der Waals surface area (Å²) < 4.78 is 0. The zero-order chi connectivity index (χ0) is 17.2. The molecule has 0 radical (unpaired) electrons. The summed E-state index contributed by atoms with van der Waals surface area (Å²) in [5.41, 5.74) is 5.74. The predicted molar refractivity (Wildman–Crippen MR) is 99.7 cm³/mol. The Morgan fingerprint density at radius 2 is 1.33 bits per heavy atom. The number of carboxylic acids is 1. The fourth-order valence-corrected chi connectivity index (χ4v) is 2.80. The molecule has 24 heavy (non-hydrogen) atoms. The maximum atomic E-state index is 10.5. The smallest absolute Gasteiger partial charge is 0.304 e. The van der Waals surface area contributed by atoms with Crippen LogP contribution in [0, 0.1) is 0 Å². The van der Waals surface area contributed by atoms with E-state index in [1.807, 2.05) is 0 Å². The van der Waals surface area contributed by atoms with E-state index in [9.17, 15) is 4.79 Å². The zero-order valence-corrected chi connectivity index (χ0v) is 18.9. The van der Waals surface area contributed by atoms with Crippen LogP contribution in [0.4, 0.5) is 0 Å². The quantitative estimate of drug-likeness (QED) is 0.187. The fourth-order valence-electron chi connectivity index (χ4n) is 2.80. The molecule has 0 heterocycles. The first-order valence-electron chi connectivity index (χ1n) is 9.79. The topological polar surface area (TPSA) is 63.3 Å². The number of unbranched alkanes of at least 4 members (excludes halogenated alkanes) is 11. The summed E-state index contributed by atoms with van der Waals surface area (Å²) in [5.74, 6) is -0.787. The summed E-state index contributed by atoms with van der Waals surface area (Å²) >= 11 is 0. The van der Waals surface area contributed by atoms with Crippen molar-refractivity contribution in [2.45, 2.75) is 109 Å². The number of carboxylic acid groups (broad SMARTS) is 1. The van der Waals surface area contributed by atoms with Gasteiger partial charge in [0.1, 0.15) is 0 Å². The zero-order valence-electron chi connectivity index (χ0n) is 16.0. The summed E-state index contributed by atoms with van der Waals surface area (Å²) in [6, 6.07) is -0.169. The molecule has 0 spiro atoms. The first kappa shape index (κ1) is 26.0. The van der Waals surface area contributed by atoms with Crippen LogP contribution in [0.25, 0.3) is 0 Å². The van der Waals surface area contributed by atoms with Gasteiger partial charge in [-0.15, -0.1) is 0 Å². The molecule has 1 unspecified atom stereocenters. The van der Waals surface area contributed by atoms with E-state index < -0.39 is 5.97 Å². The molecule has 0 aliphatic carbocycles. The van der Waals surface area contributed by atoms with Gasteiger partial charge in [0, 0.05) is 25.5 Å². The molecule has 0 saturated heterocycles. The largest absolute Gasteiger partial charge is 0.481 e. The van der Waals surface area contributed by atoms with Crippen molar-refractivity contribution in [2.24, 2.45) is 5.73 Å². The van der Waals surface area contributed by atoms with E-state index in [0.717, 1.165) is 12.8 Å². The van der Waals surface area contributed by atoms with E-state index >= 15 is 0 Å². The van der Waals surface area contributed by atoms with Crippen LogP contribution in [0.1, 0.15) is 103 Å². The van der Waals surface area contributed by atoms with E-state index in [1.165, 1.54) is 77.0 Å². The van der Waals surface area contributed by atoms with Crippen molar-refractivity contribution >= 4 is 5.97 Å². The second-order valence-electron chi connectivity index (χ2n) is 6.73. The van der Waals surface area contributed by atoms with Gasteiger partial charge in [0.2, 0.25) is 0 Å². The first-order chi connectivity index (χ1) is 11.2. The number of hydrogen-bond acceptors (Lipinski definition) is 2. The number of nitrogens with two attached hydrogens (primary N) is 1. The average Bonchev–Trinajstić information content (AvgIpc) is 2.50. The molecule has 3 nitrogen and oxygen atoms in total. The van der Waals surface area contributed by atoms with Gasteiger partial charge >= 0.3 is 5.97 Å². The van der Waals surface area contributed by atoms with Crippen molar-refractivity contribution in [1.29, 1.82) is 0 Å². The summed E-state index contributed by atoms with van der Waals surface area (Å²) in [7, 11) is 0. The van der Waals surface area contributed by atoms with Gasteiger partial charge in [-0.2, -0.15) is 0 Å². The normalized spacial score (nSPS) is 12.2. The number of carbonyl (C=O) groups is 1. The Bertz CT molecular complexity index is 295. The van der Waals surface area contributed by atoms with Crippen LogP contribution in [0.5, 0.6) is 0 Å². The third kappa shape index (κ3) is 21.8. The molecule has 0 aromatic rings. The van der Waals surface area contributed by atoms with Crippen LogP contribution in [0.3, 0.4) is 0 Å². The Hall–Kier alpha value is -0.207. The van der Waals surface area contributed by atoms with Crippen LogP contribution in [-0.2, 0) is 24.3 Å². The van der Waals surface area contributed by atoms with Crippen LogP contribution in [0.15, 0.2) is 12.2 Å². The summed E-state index contributed by atoms with van der Waals surface area (Å²) in [6.07, 6.45) is 22.3. The summed E-state index contributed by atoms with van der Waals surface area (Å²) in [4.78, 5) is 10.5. The maximum absolute atomic E-state index is 10.5. The van der Waals surface area contributed by atoms with Gasteiger partial charge < -0.3 is 10.8 Å². The number of aliphatic carboxylic acids is 1. The molecule has 3 N–H and O–H groups in total. The number of hydrogen-bond donors (Lipinski definition) is 2. The molecule has 0 fully saturated rings. The summed E-state index contributed by atoms with van der Waals surface area (Å²) in [6.45, 7) is 2.26. The van der Waals surface area contributed by atoms with Crippen molar-refractivity contribution in [3.05, 3.63) is 12.2 Å². The van der Waals surface area contributed by atoms with Crippen molar-refractivity contribution in [3.8, 4) is 0 Å². The number of allylic oxidation sites excluding steroid dienone is 2. The molecule has 0 aliphatic heterocycles. The monoisotopic (exact) mass is 389 g/mol. The molecule has 0 aromatic carbocycles. The van der Waals surface area contributed by atoms with Gasteiger partial charge in [0.15, 0.2) is 0 Å². The fraction of sp³-hybridized carbons (Fsp3) is 0.850. The molecule has 0 aromatic heterocycles. The van der Waals surface area contributed by atoms with Crippen molar-refractivity contribution in [3.63, 3.8) is 0 Å². The second-order valence-corrected chi connectivity index (χ2v) is 6.73. The molecule has 0 amide bonds. The van der Waals surface area contributed by atoms with E-state index in [0.29, 0.717) is 0 Å². The maximum Gasteiger partial charge on any atom is 0.304 e. The molecule has 0 bridgehead atoms. The van der Waals surface area contributed by atoms with Crippen molar-refractivity contribution in [2.75, 3.05) is 0 Å². The average molecular weight is 391 g/mol. The molecule has 4 heteroatoms. The molecule has 138 valence electrons. The minimum atomic E-state index is -0.787. The van der Waals surface area contributed by atoms with Crippen LogP contribution in [-0.4, -0.2) is 17.1 Å². The molecule has 0 aliphatic rings. The Morgan fingerprint density at radius 3 is 1.83 bits per heavy atom. The van der Waals surface area contributed by atoms with Crippen LogP contribution >= 0.6 is 0 Å². The first-order valence-corrected chi connectivity index (χ1v) is 9.79. The Labute approximate surface area is 162 Å². The molecular formula is C20H39NO2Zn. The van der Waals surface area contributed by atoms with Gasteiger partial charge in [-0.1, -0.05) is 76.9 Å². The van der Waals surface area contributed by atoms with E-state index in [2.05, 4.69) is 19.1 Å². The van der Waals surface area contributed by atoms with E-state index in [4.69, 9.17) is 10.8 Å².